The van der Waals surface area contributed by atoms with Gasteiger partial charge in [-0.3, -0.25) is 4.98 Å². The Morgan fingerprint density at radius 1 is 1.11 bits per heavy atom. The van der Waals surface area contributed by atoms with Crippen LogP contribution < -0.4 is 0 Å². The van der Waals surface area contributed by atoms with Gasteiger partial charge in [-0.05, 0) is 65.5 Å². The summed E-state index contributed by atoms with van der Waals surface area (Å²) in [6, 6.07) is 10.7. The number of allylic oxidation sites excluding steroid dienone is 6. The fourth-order valence-corrected chi connectivity index (χ4v) is 4.09. The van der Waals surface area contributed by atoms with E-state index in [9.17, 15) is 0 Å². The normalized spacial score (nSPS) is 18.2. The fourth-order valence-electron chi connectivity index (χ4n) is 4.09. The van der Waals surface area contributed by atoms with Crippen molar-refractivity contribution in [3.05, 3.63) is 101 Å². The van der Waals surface area contributed by atoms with Gasteiger partial charge in [0.15, 0.2) is 0 Å². The highest BCUT2D eigenvalue weighted by atomic mass is 14.7. The number of fused-ring (bicyclic) bond motifs is 1. The zero-order valence-electron chi connectivity index (χ0n) is 16.7. The molecule has 1 aliphatic rings. The largest absolute Gasteiger partial charge is 0.256 e. The van der Waals surface area contributed by atoms with Crippen molar-refractivity contribution in [3.8, 4) is 0 Å². The summed E-state index contributed by atoms with van der Waals surface area (Å²) >= 11 is 0. The van der Waals surface area contributed by atoms with Crippen LogP contribution in [0.25, 0.3) is 23.3 Å². The second kappa shape index (κ2) is 7.36. The van der Waals surface area contributed by atoms with Crippen LogP contribution in [0.3, 0.4) is 0 Å². The van der Waals surface area contributed by atoms with E-state index < -0.39 is 0 Å². The molecule has 0 unspecified atom stereocenters. The Morgan fingerprint density at radius 2 is 1.85 bits per heavy atom. The van der Waals surface area contributed by atoms with Crippen molar-refractivity contribution in [2.75, 3.05) is 0 Å². The van der Waals surface area contributed by atoms with Gasteiger partial charge in [-0.15, -0.1) is 0 Å². The number of rotatable bonds is 4. The van der Waals surface area contributed by atoms with Gasteiger partial charge < -0.3 is 0 Å². The fraction of sp³-hybridized carbons (Fsp3) is 0.192. The molecule has 0 spiro atoms. The second-order valence-electron chi connectivity index (χ2n) is 7.32. The van der Waals surface area contributed by atoms with Gasteiger partial charge in [-0.25, -0.2) is 0 Å². The molecule has 0 bridgehead atoms. The molecule has 0 radical (unpaired) electrons. The van der Waals surface area contributed by atoms with Crippen molar-refractivity contribution >= 4 is 23.3 Å². The van der Waals surface area contributed by atoms with Crippen LogP contribution in [-0.2, 0) is 5.41 Å². The van der Waals surface area contributed by atoms with E-state index in [0.29, 0.717) is 0 Å². The minimum absolute atomic E-state index is 0.00687. The lowest BCUT2D eigenvalue weighted by Gasteiger charge is -2.21. The first-order valence-corrected chi connectivity index (χ1v) is 9.37. The monoisotopic (exact) mass is 353 g/mol. The first-order valence-electron chi connectivity index (χ1n) is 9.37. The number of hydrogen-bond acceptors (Lipinski definition) is 1. The van der Waals surface area contributed by atoms with Crippen molar-refractivity contribution in [2.24, 2.45) is 0 Å². The standard InChI is InChI=1S/C26H27N/c1-7-12-25-19(8-2)20(15-16-27-25)18(4)17-22-21-13-10-11-14-24(21)26(5,6)23(22)9-3/h7-17H,2,4H2,1,3,5-6H3/b12-7-,22-17?,23-9+. The van der Waals surface area contributed by atoms with Crippen LogP contribution >= 0.6 is 0 Å². The Balaban J connectivity index is 2.17. The Labute approximate surface area is 163 Å². The zero-order chi connectivity index (χ0) is 19.6. The molecule has 1 heteroatoms. The Morgan fingerprint density at radius 3 is 2.52 bits per heavy atom. The molecule has 3 rings (SSSR count). The minimum atomic E-state index is -0.00687. The van der Waals surface area contributed by atoms with Gasteiger partial charge in [-0.1, -0.05) is 69.5 Å². The van der Waals surface area contributed by atoms with Crippen molar-refractivity contribution in [2.45, 2.75) is 33.1 Å². The molecule has 0 atom stereocenters. The minimum Gasteiger partial charge on any atom is -0.256 e. The van der Waals surface area contributed by atoms with E-state index in [0.717, 1.165) is 22.4 Å². The highest BCUT2D eigenvalue weighted by Gasteiger charge is 2.37. The molecule has 0 amide bonds. The van der Waals surface area contributed by atoms with Gasteiger partial charge >= 0.3 is 0 Å². The SMILES string of the molecule is C=Cc1c(C(=C)C=C2/C(=C\C)C(C)(C)c3ccccc32)ccnc1/C=C\C. The van der Waals surface area contributed by atoms with Crippen LogP contribution in [0.5, 0.6) is 0 Å². The highest BCUT2D eigenvalue weighted by Crippen LogP contribution is 2.50. The van der Waals surface area contributed by atoms with Crippen LogP contribution in [0, 0.1) is 0 Å². The topological polar surface area (TPSA) is 12.9 Å². The Kier molecular flexibility index (Phi) is 5.14. The van der Waals surface area contributed by atoms with E-state index in [1.165, 1.54) is 22.3 Å². The van der Waals surface area contributed by atoms with E-state index in [1.807, 2.05) is 37.4 Å². The molecule has 1 heterocycles. The van der Waals surface area contributed by atoms with E-state index in [2.05, 4.69) is 75.3 Å². The maximum atomic E-state index is 4.47. The van der Waals surface area contributed by atoms with E-state index in [4.69, 9.17) is 0 Å². The summed E-state index contributed by atoms with van der Waals surface area (Å²) in [6.07, 6.45) is 12.1. The molecule has 0 fully saturated rings. The predicted octanol–water partition coefficient (Wildman–Crippen LogP) is 7.09. The highest BCUT2D eigenvalue weighted by molar-refractivity contribution is 5.96. The van der Waals surface area contributed by atoms with Crippen LogP contribution in [-0.4, -0.2) is 4.98 Å². The molecule has 136 valence electrons. The molecule has 0 saturated carbocycles. The van der Waals surface area contributed by atoms with Crippen LogP contribution in [0.4, 0.5) is 0 Å². The zero-order valence-corrected chi connectivity index (χ0v) is 16.7. The van der Waals surface area contributed by atoms with Gasteiger partial charge in [0.05, 0.1) is 5.69 Å². The van der Waals surface area contributed by atoms with Crippen molar-refractivity contribution in [1.29, 1.82) is 0 Å². The summed E-state index contributed by atoms with van der Waals surface area (Å²) in [5.41, 5.74) is 9.22. The number of benzene rings is 1. The van der Waals surface area contributed by atoms with Gasteiger partial charge in [0, 0.05) is 17.2 Å². The Hall–Kier alpha value is -2.93. The third kappa shape index (κ3) is 3.14. The lowest BCUT2D eigenvalue weighted by atomic mass is 9.82. The molecule has 1 aliphatic carbocycles. The molecule has 1 aromatic carbocycles. The smallest absolute Gasteiger partial charge is 0.0704 e. The van der Waals surface area contributed by atoms with Crippen molar-refractivity contribution in [1.82, 2.24) is 4.98 Å². The first kappa shape index (κ1) is 18.8. The average Bonchev–Trinajstić information content (AvgIpc) is 2.88. The molecule has 1 nitrogen and oxygen atoms in total. The van der Waals surface area contributed by atoms with Crippen LogP contribution in [0.2, 0.25) is 0 Å². The average molecular weight is 354 g/mol. The van der Waals surface area contributed by atoms with Gasteiger partial charge in [0.2, 0.25) is 0 Å². The van der Waals surface area contributed by atoms with Gasteiger partial charge in [-0.2, -0.15) is 0 Å². The Bertz CT molecular complexity index is 997. The predicted molar refractivity (Wildman–Crippen MR) is 119 cm³/mol. The first-order chi connectivity index (χ1) is 13.0. The summed E-state index contributed by atoms with van der Waals surface area (Å²) in [5, 5.41) is 0. The van der Waals surface area contributed by atoms with Gasteiger partial charge in [0.25, 0.3) is 0 Å². The number of nitrogens with zero attached hydrogens (tertiary/aromatic N) is 1. The summed E-state index contributed by atoms with van der Waals surface area (Å²) in [7, 11) is 0. The number of aromatic nitrogens is 1. The summed E-state index contributed by atoms with van der Waals surface area (Å²) in [5.74, 6) is 0. The summed E-state index contributed by atoms with van der Waals surface area (Å²) < 4.78 is 0. The lowest BCUT2D eigenvalue weighted by molar-refractivity contribution is 0.659. The molecule has 0 N–H and O–H groups in total. The summed E-state index contributed by atoms with van der Waals surface area (Å²) in [4.78, 5) is 4.47. The third-order valence-electron chi connectivity index (χ3n) is 5.36. The molecule has 0 saturated heterocycles. The van der Waals surface area contributed by atoms with Crippen molar-refractivity contribution < 1.29 is 0 Å². The quantitative estimate of drug-likeness (QED) is 0.571. The maximum absolute atomic E-state index is 4.47. The maximum Gasteiger partial charge on any atom is 0.0704 e. The van der Waals surface area contributed by atoms with Crippen LogP contribution in [0.15, 0.2) is 73.5 Å². The molecular weight excluding hydrogens is 326 g/mol. The molecule has 1 aromatic heterocycles. The number of pyridine rings is 1. The number of hydrogen-bond donors (Lipinski definition) is 0. The second-order valence-corrected chi connectivity index (χ2v) is 7.32. The van der Waals surface area contributed by atoms with Crippen LogP contribution in [0.1, 0.15) is 55.6 Å². The molecule has 2 aromatic rings. The molecular formula is C26H27N. The van der Waals surface area contributed by atoms with E-state index in [1.54, 1.807) is 0 Å². The molecule has 27 heavy (non-hydrogen) atoms. The summed E-state index contributed by atoms with van der Waals surface area (Å²) in [6.45, 7) is 17.1. The van der Waals surface area contributed by atoms with Gasteiger partial charge in [0.1, 0.15) is 0 Å². The molecule has 0 aliphatic heterocycles. The van der Waals surface area contributed by atoms with E-state index in [-0.39, 0.29) is 5.41 Å². The third-order valence-corrected chi connectivity index (χ3v) is 5.36. The lowest BCUT2D eigenvalue weighted by Crippen LogP contribution is -2.14. The van der Waals surface area contributed by atoms with E-state index >= 15 is 0 Å². The van der Waals surface area contributed by atoms with Crippen molar-refractivity contribution in [3.63, 3.8) is 0 Å².